The summed E-state index contributed by atoms with van der Waals surface area (Å²) < 4.78 is 11.9. The first kappa shape index (κ1) is 17.8. The van der Waals surface area contributed by atoms with E-state index in [2.05, 4.69) is 25.3 Å². The van der Waals surface area contributed by atoms with Crippen molar-refractivity contribution in [3.63, 3.8) is 0 Å². The molecule has 0 radical (unpaired) electrons. The molecule has 2 saturated heterocycles. The molecule has 0 aliphatic carbocycles. The van der Waals surface area contributed by atoms with Crippen LogP contribution in [-0.2, 0) is 14.3 Å². The highest BCUT2D eigenvalue weighted by atomic mass is 16.5. The van der Waals surface area contributed by atoms with Crippen LogP contribution in [0.5, 0.6) is 0 Å². The van der Waals surface area contributed by atoms with Crippen molar-refractivity contribution in [1.29, 1.82) is 0 Å². The highest BCUT2D eigenvalue weighted by molar-refractivity contribution is 5.86. The van der Waals surface area contributed by atoms with E-state index in [1.807, 2.05) is 6.92 Å². The van der Waals surface area contributed by atoms with Crippen LogP contribution in [0.4, 0.5) is 0 Å². The topological polar surface area (TPSA) is 98.6 Å². The molecular formula is C16H25N5O4. The average molecular weight is 351 g/mol. The highest BCUT2D eigenvalue weighted by Gasteiger charge is 2.31. The summed E-state index contributed by atoms with van der Waals surface area (Å²) in [6.45, 7) is 4.76. The zero-order valence-electron chi connectivity index (χ0n) is 14.7. The Morgan fingerprint density at radius 1 is 1.48 bits per heavy atom. The number of nitrogens with one attached hydrogen (secondary N) is 1. The minimum atomic E-state index is -0.497. The van der Waals surface area contributed by atoms with E-state index in [1.165, 1.54) is 7.11 Å². The van der Waals surface area contributed by atoms with Gasteiger partial charge in [0.25, 0.3) is 0 Å². The van der Waals surface area contributed by atoms with Gasteiger partial charge < -0.3 is 14.8 Å². The lowest BCUT2D eigenvalue weighted by Crippen LogP contribution is -2.46. The monoisotopic (exact) mass is 351 g/mol. The average Bonchev–Trinajstić information content (AvgIpc) is 3.38. The predicted molar refractivity (Wildman–Crippen MR) is 88.0 cm³/mol. The number of nitrogens with zero attached hydrogens (tertiary/aromatic N) is 4. The third-order valence-corrected chi connectivity index (χ3v) is 4.93. The van der Waals surface area contributed by atoms with Crippen molar-refractivity contribution in [2.24, 2.45) is 0 Å². The largest absolute Gasteiger partial charge is 0.464 e. The van der Waals surface area contributed by atoms with Crippen LogP contribution in [0.2, 0.25) is 0 Å². The van der Waals surface area contributed by atoms with Crippen molar-refractivity contribution in [2.75, 3.05) is 33.4 Å². The first-order chi connectivity index (χ1) is 12.1. The Kier molecular flexibility index (Phi) is 5.64. The third-order valence-electron chi connectivity index (χ3n) is 4.93. The first-order valence-corrected chi connectivity index (χ1v) is 8.72. The maximum absolute atomic E-state index is 12.4. The fourth-order valence-electron chi connectivity index (χ4n) is 3.32. The molecule has 0 aromatic carbocycles. The van der Waals surface area contributed by atoms with E-state index >= 15 is 0 Å². The zero-order valence-corrected chi connectivity index (χ0v) is 14.7. The van der Waals surface area contributed by atoms with Gasteiger partial charge in [0.1, 0.15) is 0 Å². The summed E-state index contributed by atoms with van der Waals surface area (Å²) in [6, 6.07) is -0.116. The van der Waals surface area contributed by atoms with Gasteiger partial charge in [0.15, 0.2) is 5.69 Å². The lowest BCUT2D eigenvalue weighted by molar-refractivity contribution is -0.126. The number of carbonyl (C=O) groups excluding carboxylic acids is 2. The molecule has 3 atom stereocenters. The number of ether oxygens (including phenoxy) is 2. The van der Waals surface area contributed by atoms with Crippen LogP contribution in [0.25, 0.3) is 0 Å². The van der Waals surface area contributed by atoms with Gasteiger partial charge in [0.05, 0.1) is 31.5 Å². The summed E-state index contributed by atoms with van der Waals surface area (Å²) in [5.41, 5.74) is 0.198. The molecule has 0 spiro atoms. The fourth-order valence-corrected chi connectivity index (χ4v) is 3.32. The Hall–Kier alpha value is -2.00. The molecule has 3 heterocycles. The van der Waals surface area contributed by atoms with Gasteiger partial charge in [-0.25, -0.2) is 9.48 Å². The van der Waals surface area contributed by atoms with Crippen LogP contribution >= 0.6 is 0 Å². The van der Waals surface area contributed by atoms with Gasteiger partial charge >= 0.3 is 5.97 Å². The third kappa shape index (κ3) is 4.16. The molecular weight excluding hydrogens is 326 g/mol. The van der Waals surface area contributed by atoms with Crippen molar-refractivity contribution in [2.45, 2.75) is 44.4 Å². The second-order valence-electron chi connectivity index (χ2n) is 6.57. The first-order valence-electron chi connectivity index (χ1n) is 8.72. The standard InChI is InChI=1S/C16H25N5O4/c1-11(15(22)17-8-13-4-3-7-25-13)20-6-5-12(9-20)21-10-14(18-19-21)16(23)24-2/h10-13H,3-9H2,1-2H3,(H,17,22). The van der Waals surface area contributed by atoms with Crippen molar-refractivity contribution < 1.29 is 19.1 Å². The van der Waals surface area contributed by atoms with Crippen molar-refractivity contribution in [1.82, 2.24) is 25.2 Å². The maximum Gasteiger partial charge on any atom is 0.360 e. The quantitative estimate of drug-likeness (QED) is 0.720. The number of esters is 1. The van der Waals surface area contributed by atoms with Crippen molar-refractivity contribution in [3.05, 3.63) is 11.9 Å². The molecule has 1 aromatic rings. The molecule has 2 fully saturated rings. The molecule has 0 saturated carbocycles. The smallest absolute Gasteiger partial charge is 0.360 e. The predicted octanol–water partition coefficient (Wildman–Crippen LogP) is -0.00480. The van der Waals surface area contributed by atoms with Crippen molar-refractivity contribution >= 4 is 11.9 Å². The van der Waals surface area contributed by atoms with Gasteiger partial charge in [-0.1, -0.05) is 5.21 Å². The number of hydrogen-bond acceptors (Lipinski definition) is 7. The second-order valence-corrected chi connectivity index (χ2v) is 6.57. The molecule has 1 N–H and O–H groups in total. The fraction of sp³-hybridized carbons (Fsp3) is 0.750. The van der Waals surface area contributed by atoms with Gasteiger partial charge in [-0.2, -0.15) is 0 Å². The van der Waals surface area contributed by atoms with E-state index < -0.39 is 5.97 Å². The van der Waals surface area contributed by atoms with Gasteiger partial charge in [-0.15, -0.1) is 5.10 Å². The highest BCUT2D eigenvalue weighted by Crippen LogP contribution is 2.23. The minimum absolute atomic E-state index is 0.0185. The van der Waals surface area contributed by atoms with Gasteiger partial charge in [0, 0.05) is 26.2 Å². The Balaban J connectivity index is 1.50. The van der Waals surface area contributed by atoms with Crippen LogP contribution in [0.1, 0.15) is 42.7 Å². The molecule has 1 aromatic heterocycles. The van der Waals surface area contributed by atoms with Crippen LogP contribution < -0.4 is 5.32 Å². The van der Waals surface area contributed by atoms with E-state index in [4.69, 9.17) is 4.74 Å². The van der Waals surface area contributed by atoms with E-state index in [0.717, 1.165) is 32.4 Å². The summed E-state index contributed by atoms with van der Waals surface area (Å²) in [4.78, 5) is 26.0. The number of hydrogen-bond donors (Lipinski definition) is 1. The molecule has 3 rings (SSSR count). The van der Waals surface area contributed by atoms with Gasteiger partial charge in [-0.3, -0.25) is 9.69 Å². The van der Waals surface area contributed by atoms with Gasteiger partial charge in [0.2, 0.25) is 5.91 Å². The summed E-state index contributed by atoms with van der Waals surface area (Å²) in [5, 5.41) is 10.8. The number of likely N-dealkylation sites (tertiary alicyclic amines) is 1. The molecule has 2 aliphatic rings. The lowest BCUT2D eigenvalue weighted by atomic mass is 10.2. The van der Waals surface area contributed by atoms with E-state index in [1.54, 1.807) is 10.9 Å². The number of carbonyl (C=O) groups is 2. The van der Waals surface area contributed by atoms with E-state index in [0.29, 0.717) is 13.1 Å². The summed E-state index contributed by atoms with van der Waals surface area (Å²) in [6.07, 6.45) is 4.68. The van der Waals surface area contributed by atoms with Crippen LogP contribution in [0, 0.1) is 0 Å². The Labute approximate surface area is 146 Å². The lowest BCUT2D eigenvalue weighted by Gasteiger charge is -2.24. The maximum atomic E-state index is 12.4. The van der Waals surface area contributed by atoms with Crippen LogP contribution in [-0.4, -0.2) is 77.3 Å². The second kappa shape index (κ2) is 7.92. The Morgan fingerprint density at radius 2 is 2.32 bits per heavy atom. The molecule has 138 valence electrons. The Bertz CT molecular complexity index is 613. The van der Waals surface area contributed by atoms with Crippen LogP contribution in [0.3, 0.4) is 0 Å². The zero-order chi connectivity index (χ0) is 17.8. The van der Waals surface area contributed by atoms with Crippen LogP contribution in [0.15, 0.2) is 6.20 Å². The number of amides is 1. The Morgan fingerprint density at radius 3 is 3.04 bits per heavy atom. The molecule has 3 unspecified atom stereocenters. The molecule has 9 nitrogen and oxygen atoms in total. The molecule has 1 amide bonds. The number of methoxy groups -OCH3 is 1. The molecule has 2 aliphatic heterocycles. The van der Waals surface area contributed by atoms with E-state index in [9.17, 15) is 9.59 Å². The van der Waals surface area contributed by atoms with Crippen molar-refractivity contribution in [3.8, 4) is 0 Å². The molecule has 0 bridgehead atoms. The normalized spacial score (nSPS) is 25.0. The SMILES string of the molecule is COC(=O)c1cn(C2CCN(C(C)C(=O)NCC3CCCO3)C2)nn1. The number of aromatic nitrogens is 3. The molecule has 25 heavy (non-hydrogen) atoms. The summed E-state index contributed by atoms with van der Waals surface area (Å²) >= 11 is 0. The number of rotatable bonds is 6. The molecule has 9 heteroatoms. The van der Waals surface area contributed by atoms with Gasteiger partial charge in [-0.05, 0) is 26.2 Å². The minimum Gasteiger partial charge on any atom is -0.464 e. The summed E-state index contributed by atoms with van der Waals surface area (Å²) in [7, 11) is 1.32. The summed E-state index contributed by atoms with van der Waals surface area (Å²) in [5.74, 6) is -0.479. The van der Waals surface area contributed by atoms with E-state index in [-0.39, 0.29) is 29.8 Å².